The van der Waals surface area contributed by atoms with Crippen molar-refractivity contribution in [3.8, 4) is 10.7 Å². The molecule has 2 aromatic heterocycles. The first-order valence-corrected chi connectivity index (χ1v) is 12.2. The van der Waals surface area contributed by atoms with Gasteiger partial charge in [-0.3, -0.25) is 9.69 Å². The second kappa shape index (κ2) is 11.2. The first kappa shape index (κ1) is 23.1. The van der Waals surface area contributed by atoms with Crippen LogP contribution >= 0.6 is 11.3 Å². The van der Waals surface area contributed by atoms with E-state index in [2.05, 4.69) is 20.4 Å². The molecule has 0 unspecified atom stereocenters. The van der Waals surface area contributed by atoms with Crippen molar-refractivity contribution in [3.63, 3.8) is 0 Å². The molecule has 1 fully saturated rings. The van der Waals surface area contributed by atoms with Crippen molar-refractivity contribution >= 4 is 28.9 Å². The van der Waals surface area contributed by atoms with Gasteiger partial charge < -0.3 is 14.6 Å². The van der Waals surface area contributed by atoms with Crippen molar-refractivity contribution in [1.82, 2.24) is 15.0 Å². The van der Waals surface area contributed by atoms with Crippen molar-refractivity contribution in [1.29, 1.82) is 0 Å². The molecule has 8 nitrogen and oxygen atoms in total. The van der Waals surface area contributed by atoms with Crippen LogP contribution in [0.25, 0.3) is 10.7 Å². The number of thiophene rings is 1. The van der Waals surface area contributed by atoms with Gasteiger partial charge in [0, 0.05) is 11.6 Å². The monoisotopic (exact) mass is 468 g/mol. The molecule has 1 aliphatic heterocycles. The maximum atomic E-state index is 12.7. The molecule has 0 aliphatic carbocycles. The Kier molecular flexibility index (Phi) is 7.85. The molecule has 1 amide bonds. The van der Waals surface area contributed by atoms with E-state index in [1.807, 2.05) is 24.4 Å². The third-order valence-corrected chi connectivity index (χ3v) is 6.51. The topological polar surface area (TPSA) is 97.6 Å². The van der Waals surface area contributed by atoms with Crippen LogP contribution in [0.3, 0.4) is 0 Å². The van der Waals surface area contributed by atoms with Crippen molar-refractivity contribution in [3.05, 3.63) is 53.2 Å². The quantitative estimate of drug-likeness (QED) is 0.362. The van der Waals surface area contributed by atoms with Gasteiger partial charge in [-0.2, -0.15) is 4.98 Å². The lowest BCUT2D eigenvalue weighted by atomic mass is 9.96. The number of benzene rings is 1. The summed E-state index contributed by atoms with van der Waals surface area (Å²) in [5, 5.41) is 9.00. The zero-order chi connectivity index (χ0) is 23.0. The molecular formula is C24H28N4O4S. The first-order chi connectivity index (χ1) is 16.1. The van der Waals surface area contributed by atoms with Gasteiger partial charge in [-0.15, -0.1) is 11.3 Å². The molecule has 3 aromatic rings. The summed E-state index contributed by atoms with van der Waals surface area (Å²) in [5.41, 5.74) is 1.17. The molecule has 0 atom stereocenters. The highest BCUT2D eigenvalue weighted by atomic mass is 32.1. The van der Waals surface area contributed by atoms with E-state index in [-0.39, 0.29) is 17.8 Å². The Morgan fingerprint density at radius 2 is 2.00 bits per heavy atom. The van der Waals surface area contributed by atoms with Crippen LogP contribution in [0.5, 0.6) is 0 Å². The molecule has 0 spiro atoms. The maximum Gasteiger partial charge on any atom is 0.338 e. The summed E-state index contributed by atoms with van der Waals surface area (Å²) in [6.45, 7) is 4.64. The van der Waals surface area contributed by atoms with E-state index in [0.717, 1.165) is 43.6 Å². The van der Waals surface area contributed by atoms with Gasteiger partial charge in [0.2, 0.25) is 17.6 Å². The van der Waals surface area contributed by atoms with Crippen LogP contribution in [0.4, 0.5) is 5.69 Å². The van der Waals surface area contributed by atoms with E-state index >= 15 is 0 Å². The van der Waals surface area contributed by atoms with E-state index in [1.165, 1.54) is 0 Å². The van der Waals surface area contributed by atoms with Gasteiger partial charge in [0.05, 0.1) is 23.6 Å². The van der Waals surface area contributed by atoms with Gasteiger partial charge >= 0.3 is 5.97 Å². The number of unbranched alkanes of at least 4 members (excludes halogenated alkanes) is 1. The number of hydrogen-bond acceptors (Lipinski definition) is 8. The number of aromatic nitrogens is 2. The van der Waals surface area contributed by atoms with Crippen LogP contribution in [-0.2, 0) is 16.1 Å². The van der Waals surface area contributed by atoms with E-state index in [4.69, 9.17) is 9.26 Å². The van der Waals surface area contributed by atoms with E-state index in [0.29, 0.717) is 36.1 Å². The van der Waals surface area contributed by atoms with Crippen molar-refractivity contribution in [2.45, 2.75) is 39.2 Å². The fourth-order valence-electron chi connectivity index (χ4n) is 3.70. The number of likely N-dealkylation sites (tertiary alicyclic amines) is 1. The third-order valence-electron chi connectivity index (χ3n) is 5.65. The van der Waals surface area contributed by atoms with Crippen molar-refractivity contribution in [2.24, 2.45) is 5.92 Å². The van der Waals surface area contributed by atoms with Crippen LogP contribution in [0.2, 0.25) is 0 Å². The average molecular weight is 469 g/mol. The molecule has 0 saturated carbocycles. The Hall–Kier alpha value is -3.04. The largest absolute Gasteiger partial charge is 0.462 e. The van der Waals surface area contributed by atoms with Crippen molar-refractivity contribution in [2.75, 3.05) is 25.0 Å². The summed E-state index contributed by atoms with van der Waals surface area (Å²) < 4.78 is 10.6. The number of anilines is 1. The number of ether oxygens (including phenoxy) is 1. The summed E-state index contributed by atoms with van der Waals surface area (Å²) in [4.78, 5) is 32.4. The fourth-order valence-corrected chi connectivity index (χ4v) is 4.35. The molecule has 174 valence electrons. The predicted octanol–water partition coefficient (Wildman–Crippen LogP) is 4.61. The van der Waals surface area contributed by atoms with E-state index < -0.39 is 0 Å². The lowest BCUT2D eigenvalue weighted by molar-refractivity contribution is -0.121. The second-order valence-corrected chi connectivity index (χ2v) is 9.04. The Balaban J connectivity index is 1.22. The molecule has 33 heavy (non-hydrogen) atoms. The van der Waals surface area contributed by atoms with Gasteiger partial charge in [0.25, 0.3) is 0 Å². The number of hydrogen-bond donors (Lipinski definition) is 1. The fraction of sp³-hybridized carbons (Fsp3) is 0.417. The normalized spacial score (nSPS) is 14.8. The van der Waals surface area contributed by atoms with Crippen LogP contribution < -0.4 is 5.32 Å². The number of piperidine rings is 1. The minimum atomic E-state index is -0.336. The first-order valence-electron chi connectivity index (χ1n) is 11.3. The highest BCUT2D eigenvalue weighted by Crippen LogP contribution is 2.24. The lowest BCUT2D eigenvalue weighted by Crippen LogP contribution is -2.37. The Labute approximate surface area is 196 Å². The Bertz CT molecular complexity index is 1040. The minimum Gasteiger partial charge on any atom is -0.462 e. The Morgan fingerprint density at radius 1 is 1.21 bits per heavy atom. The van der Waals surface area contributed by atoms with Crippen LogP contribution in [0.15, 0.2) is 46.3 Å². The Morgan fingerprint density at radius 3 is 2.70 bits per heavy atom. The number of rotatable bonds is 9. The minimum absolute atomic E-state index is 0.00527. The van der Waals surface area contributed by atoms with Crippen LogP contribution in [-0.4, -0.2) is 46.6 Å². The number of carbonyl (C=O) groups excluding carboxylic acids is 2. The summed E-state index contributed by atoms with van der Waals surface area (Å²) in [6, 6.07) is 10.8. The molecule has 4 rings (SSSR count). The molecule has 0 radical (unpaired) electrons. The molecule has 1 saturated heterocycles. The summed E-state index contributed by atoms with van der Waals surface area (Å²) in [7, 11) is 0. The number of amides is 1. The second-order valence-electron chi connectivity index (χ2n) is 8.10. The number of carbonyl (C=O) groups is 2. The standard InChI is InChI=1S/C24H28N4O4S/c1-2-3-14-31-24(30)18-6-8-19(9-7-18)25-23(29)17-10-12-28(13-11-17)16-21-26-22(27-32-21)20-5-4-15-33-20/h4-9,15,17H,2-3,10-14,16H2,1H3,(H,25,29). The third kappa shape index (κ3) is 6.27. The van der Waals surface area contributed by atoms with Gasteiger partial charge in [-0.25, -0.2) is 4.79 Å². The molecule has 1 N–H and O–H groups in total. The summed E-state index contributed by atoms with van der Waals surface area (Å²) >= 11 is 1.58. The molecule has 0 bridgehead atoms. The zero-order valence-electron chi connectivity index (χ0n) is 18.7. The highest BCUT2D eigenvalue weighted by molar-refractivity contribution is 7.13. The van der Waals surface area contributed by atoms with Gasteiger partial charge in [0.1, 0.15) is 0 Å². The zero-order valence-corrected chi connectivity index (χ0v) is 19.5. The molecular weight excluding hydrogens is 440 g/mol. The molecule has 3 heterocycles. The van der Waals surface area contributed by atoms with E-state index in [1.54, 1.807) is 35.6 Å². The summed E-state index contributed by atoms with van der Waals surface area (Å²) in [6.07, 6.45) is 3.35. The van der Waals surface area contributed by atoms with Gasteiger partial charge in [-0.1, -0.05) is 24.6 Å². The maximum absolute atomic E-state index is 12.7. The van der Waals surface area contributed by atoms with Crippen LogP contribution in [0, 0.1) is 5.92 Å². The number of nitrogens with one attached hydrogen (secondary N) is 1. The molecule has 1 aliphatic rings. The predicted molar refractivity (Wildman–Crippen MR) is 126 cm³/mol. The highest BCUT2D eigenvalue weighted by Gasteiger charge is 2.26. The van der Waals surface area contributed by atoms with Crippen molar-refractivity contribution < 1.29 is 18.8 Å². The van der Waals surface area contributed by atoms with E-state index in [9.17, 15) is 9.59 Å². The molecule has 1 aromatic carbocycles. The summed E-state index contributed by atoms with van der Waals surface area (Å²) in [5.74, 6) is 0.830. The number of nitrogens with zero attached hydrogens (tertiary/aromatic N) is 3. The molecule has 9 heteroatoms. The SMILES string of the molecule is CCCCOC(=O)c1ccc(NC(=O)C2CCN(Cc3nc(-c4cccs4)no3)CC2)cc1. The number of esters is 1. The van der Waals surface area contributed by atoms with Gasteiger partial charge in [0.15, 0.2) is 0 Å². The van der Waals surface area contributed by atoms with Gasteiger partial charge in [-0.05, 0) is 68.1 Å². The van der Waals surface area contributed by atoms with Crippen LogP contribution in [0.1, 0.15) is 48.9 Å². The average Bonchev–Trinajstić information content (AvgIpc) is 3.52. The smallest absolute Gasteiger partial charge is 0.338 e. The lowest BCUT2D eigenvalue weighted by Gasteiger charge is -2.30.